The van der Waals surface area contributed by atoms with E-state index >= 15 is 0 Å². The van der Waals surface area contributed by atoms with E-state index in [4.69, 9.17) is 11.8 Å². The number of carbonyl (C=O) groups is 1. The van der Waals surface area contributed by atoms with Gasteiger partial charge in [0.1, 0.15) is 0 Å². The predicted molar refractivity (Wildman–Crippen MR) is 33.1 cm³/mol. The molecule has 0 aliphatic rings. The molecule has 0 heterocycles. The monoisotopic (exact) mass is 178 g/mol. The number of hydrogen-bond acceptors (Lipinski definition) is 2. The summed E-state index contributed by atoms with van der Waals surface area (Å²) >= 11 is 4.80. The summed E-state index contributed by atoms with van der Waals surface area (Å²) in [6, 6.07) is -0.865. The van der Waals surface area contributed by atoms with Gasteiger partial charge in [0.15, 0.2) is 0 Å². The number of amides is 2. The molecule has 0 saturated carbocycles. The molecule has 0 aliphatic heterocycles. The first-order chi connectivity index (χ1) is 5.31. The highest BCUT2D eigenvalue weighted by Gasteiger charge is 1.89. The maximum absolute atomic E-state index is 10.2. The Morgan fingerprint density at radius 3 is 2.45 bits per heavy atom. The summed E-state index contributed by atoms with van der Waals surface area (Å²) in [5.74, 6) is 4.53. The van der Waals surface area contributed by atoms with E-state index in [0.29, 0.717) is 0 Å². The van der Waals surface area contributed by atoms with Crippen LogP contribution in [0, 0.1) is 0 Å². The first kappa shape index (κ1) is 9.36. The second-order valence-electron chi connectivity index (χ2n) is 0.973. The van der Waals surface area contributed by atoms with E-state index in [1.807, 2.05) is 0 Å². The number of hydrogen-bond donors (Lipinski definition) is 2. The normalized spacial score (nSPS) is 11.7. The number of nitrogens with one attached hydrogen (secondary N) is 1. The van der Waals surface area contributed by atoms with Crippen LogP contribution in [0.25, 0.3) is 0 Å². The van der Waals surface area contributed by atoms with E-state index in [-0.39, 0.29) is 0 Å². The van der Waals surface area contributed by atoms with Crippen LogP contribution in [0.1, 0.15) is 0 Å². The third-order valence-corrected chi connectivity index (χ3v) is 0.550. The number of nitrogens with zero attached hydrogens (tertiary/aromatic N) is 6. The van der Waals surface area contributed by atoms with Crippen molar-refractivity contribution in [2.45, 2.75) is 0 Å². The Kier molecular flexibility index (Phi) is 5.51. The Morgan fingerprint density at radius 2 is 1.91 bits per heavy atom. The zero-order valence-corrected chi connectivity index (χ0v) is 5.80. The first-order valence-corrected chi connectivity index (χ1v) is 2.50. The summed E-state index contributed by atoms with van der Waals surface area (Å²) in [6.07, 6.45) is 0. The SMILES string of the molecule is NN=NN=NN=NC(=O)NCl. The van der Waals surface area contributed by atoms with E-state index in [1.165, 1.54) is 0 Å². The van der Waals surface area contributed by atoms with Gasteiger partial charge in [-0.05, 0) is 20.9 Å². The lowest BCUT2D eigenvalue weighted by Crippen LogP contribution is -2.04. The Bertz CT molecular complexity index is 194. The van der Waals surface area contributed by atoms with Crippen LogP contribution in [0.3, 0.4) is 0 Å². The summed E-state index contributed by atoms with van der Waals surface area (Å²) in [4.78, 5) is 11.8. The number of carbonyl (C=O) groups excluding carboxylic acids is 1. The molecular formula is CH3ClN8O. The molecule has 0 saturated heterocycles. The van der Waals surface area contributed by atoms with E-state index < -0.39 is 6.03 Å². The molecule has 0 spiro atoms. The molecule has 0 aliphatic carbocycles. The Labute approximate surface area is 65.5 Å². The van der Waals surface area contributed by atoms with Gasteiger partial charge in [-0.2, -0.15) is 0 Å². The first-order valence-electron chi connectivity index (χ1n) is 2.12. The van der Waals surface area contributed by atoms with Gasteiger partial charge in [-0.3, -0.25) is 0 Å². The maximum atomic E-state index is 10.2. The molecule has 2 amide bonds. The zero-order chi connectivity index (χ0) is 8.53. The summed E-state index contributed by atoms with van der Waals surface area (Å²) in [6.45, 7) is 0. The molecule has 0 aromatic rings. The maximum Gasteiger partial charge on any atom is 0.375 e. The van der Waals surface area contributed by atoms with Crippen LogP contribution in [0.4, 0.5) is 4.79 Å². The van der Waals surface area contributed by atoms with Crippen LogP contribution in [-0.4, -0.2) is 6.03 Å². The highest BCUT2D eigenvalue weighted by Crippen LogP contribution is 1.83. The van der Waals surface area contributed by atoms with Crippen molar-refractivity contribution in [1.82, 2.24) is 4.84 Å². The minimum absolute atomic E-state index is 0.865. The second-order valence-corrected chi connectivity index (χ2v) is 1.16. The molecule has 0 atom stereocenters. The number of rotatable bonds is 2. The quantitative estimate of drug-likeness (QED) is 0.282. The van der Waals surface area contributed by atoms with Gasteiger partial charge in [-0.1, -0.05) is 10.3 Å². The van der Waals surface area contributed by atoms with E-state index in [0.717, 1.165) is 0 Å². The molecule has 60 valence electrons. The summed E-state index contributed by atoms with van der Waals surface area (Å²) in [5.41, 5.74) is 0. The summed E-state index contributed by atoms with van der Waals surface area (Å²) < 4.78 is 0. The fourth-order valence-electron chi connectivity index (χ4n) is 0.138. The molecule has 11 heavy (non-hydrogen) atoms. The highest BCUT2D eigenvalue weighted by atomic mass is 35.5. The molecule has 0 radical (unpaired) electrons. The van der Waals surface area contributed by atoms with E-state index in [1.54, 1.807) is 4.84 Å². The largest absolute Gasteiger partial charge is 0.375 e. The van der Waals surface area contributed by atoms with Gasteiger partial charge in [-0.25, -0.2) is 9.63 Å². The minimum atomic E-state index is -0.865. The topological polar surface area (TPSA) is 129 Å². The van der Waals surface area contributed by atoms with Crippen LogP contribution in [-0.2, 0) is 0 Å². The van der Waals surface area contributed by atoms with E-state index in [2.05, 4.69) is 37.1 Å². The van der Waals surface area contributed by atoms with Crippen molar-refractivity contribution in [3.05, 3.63) is 0 Å². The summed E-state index contributed by atoms with van der Waals surface area (Å²) in [5, 5.41) is 17.0. The average Bonchev–Trinajstić information content (AvgIpc) is 2.04. The van der Waals surface area contributed by atoms with Crippen molar-refractivity contribution < 1.29 is 4.79 Å². The van der Waals surface area contributed by atoms with Crippen LogP contribution in [0.5, 0.6) is 0 Å². The highest BCUT2D eigenvalue weighted by molar-refractivity contribution is 6.21. The van der Waals surface area contributed by atoms with Crippen molar-refractivity contribution in [3.8, 4) is 0 Å². The fourth-order valence-corrected chi connectivity index (χ4v) is 0.176. The van der Waals surface area contributed by atoms with Crippen LogP contribution in [0.15, 0.2) is 31.2 Å². The summed E-state index contributed by atoms with van der Waals surface area (Å²) in [7, 11) is 0. The molecule has 3 N–H and O–H groups in total. The lowest BCUT2D eigenvalue weighted by atomic mass is 11.2. The molecule has 0 rings (SSSR count). The van der Waals surface area contributed by atoms with Crippen molar-refractivity contribution in [3.63, 3.8) is 0 Å². The Morgan fingerprint density at radius 1 is 1.27 bits per heavy atom. The van der Waals surface area contributed by atoms with Crippen molar-refractivity contribution >= 4 is 17.8 Å². The van der Waals surface area contributed by atoms with Gasteiger partial charge in [0.25, 0.3) is 0 Å². The molecule has 10 heteroatoms. The average molecular weight is 179 g/mol. The number of halogens is 1. The third kappa shape index (κ3) is 6.24. The molecule has 0 aromatic carbocycles. The second kappa shape index (κ2) is 6.48. The molecule has 0 aromatic heterocycles. The van der Waals surface area contributed by atoms with Crippen LogP contribution >= 0.6 is 11.8 Å². The van der Waals surface area contributed by atoms with Crippen LogP contribution in [0.2, 0.25) is 0 Å². The van der Waals surface area contributed by atoms with Crippen LogP contribution < -0.4 is 10.7 Å². The Hall–Kier alpha value is -1.64. The Balaban J connectivity index is 3.68. The van der Waals surface area contributed by atoms with Gasteiger partial charge in [0, 0.05) is 11.8 Å². The molecular weight excluding hydrogens is 176 g/mol. The molecule has 0 fully saturated rings. The lowest BCUT2D eigenvalue weighted by molar-refractivity contribution is 0.252. The van der Waals surface area contributed by atoms with Gasteiger partial charge >= 0.3 is 6.03 Å². The van der Waals surface area contributed by atoms with Gasteiger partial charge < -0.3 is 5.84 Å². The third-order valence-electron chi connectivity index (χ3n) is 0.388. The van der Waals surface area contributed by atoms with Gasteiger partial charge in [0.05, 0.1) is 0 Å². The molecule has 0 unspecified atom stereocenters. The fraction of sp³-hybridized carbons (Fsp3) is 0. The zero-order valence-electron chi connectivity index (χ0n) is 5.05. The van der Waals surface area contributed by atoms with Crippen molar-refractivity contribution in [1.29, 1.82) is 0 Å². The lowest BCUT2D eigenvalue weighted by Gasteiger charge is -1.79. The van der Waals surface area contributed by atoms with Crippen molar-refractivity contribution in [2.24, 2.45) is 37.1 Å². The molecule has 9 nitrogen and oxygen atoms in total. The standard InChI is InChI=1S/CH3ClN8O/c2-4-1(11)5-7-9-10-8-6-3/h(H3,3,4,5,8,9,11). The van der Waals surface area contributed by atoms with Gasteiger partial charge in [-0.15, -0.1) is 0 Å². The minimum Gasteiger partial charge on any atom is -0.303 e. The van der Waals surface area contributed by atoms with E-state index in [9.17, 15) is 4.79 Å². The smallest absolute Gasteiger partial charge is 0.303 e. The van der Waals surface area contributed by atoms with Gasteiger partial charge in [0.2, 0.25) is 0 Å². The van der Waals surface area contributed by atoms with Crippen molar-refractivity contribution in [2.75, 3.05) is 0 Å². The number of nitrogens with two attached hydrogens (primary N) is 1. The molecule has 0 bridgehead atoms. The predicted octanol–water partition coefficient (Wildman–Crippen LogP) is 0.910. The number of urea groups is 1.